The Hall–Kier alpha value is -4.83. The van der Waals surface area contributed by atoms with Crippen molar-refractivity contribution in [1.29, 1.82) is 0 Å². The lowest BCUT2D eigenvalue weighted by molar-refractivity contribution is -0.385. The Morgan fingerprint density at radius 2 is 1.46 bits per heavy atom. The molecule has 0 saturated carbocycles. The number of nitro benzene ring substituents is 1. The van der Waals surface area contributed by atoms with Crippen molar-refractivity contribution >= 4 is 33.5 Å². The molecule has 10 heteroatoms. The Morgan fingerprint density at radius 3 is 2.16 bits per heavy atom. The average Bonchev–Trinajstić information content (AvgIpc) is 2.93. The summed E-state index contributed by atoms with van der Waals surface area (Å²) in [6.07, 6.45) is 1.17. The molecule has 186 valence electrons. The van der Waals surface area contributed by atoms with E-state index in [1.807, 2.05) is 6.07 Å². The van der Waals surface area contributed by atoms with E-state index < -0.39 is 20.9 Å². The van der Waals surface area contributed by atoms with Crippen LogP contribution in [0, 0.1) is 10.1 Å². The van der Waals surface area contributed by atoms with E-state index in [4.69, 9.17) is 0 Å². The summed E-state index contributed by atoms with van der Waals surface area (Å²) in [5.41, 5.74) is 3.35. The third kappa shape index (κ3) is 5.88. The second-order valence-electron chi connectivity index (χ2n) is 7.84. The van der Waals surface area contributed by atoms with Crippen molar-refractivity contribution in [2.75, 3.05) is 4.31 Å². The number of hydrazone groups is 1. The van der Waals surface area contributed by atoms with Crippen LogP contribution in [0.3, 0.4) is 0 Å². The van der Waals surface area contributed by atoms with E-state index in [1.54, 1.807) is 66.7 Å². The van der Waals surface area contributed by atoms with Crippen molar-refractivity contribution in [3.8, 4) is 0 Å². The minimum Gasteiger partial charge on any atom is -0.267 e. The van der Waals surface area contributed by atoms with Crippen LogP contribution in [0.2, 0.25) is 0 Å². The van der Waals surface area contributed by atoms with Gasteiger partial charge in [0.05, 0.1) is 39.4 Å². The quantitative estimate of drug-likeness (QED) is 0.196. The number of hydrogen-bond donors (Lipinski definition) is 1. The van der Waals surface area contributed by atoms with Crippen LogP contribution in [0.15, 0.2) is 119 Å². The molecule has 0 aliphatic carbocycles. The molecule has 0 radical (unpaired) electrons. The monoisotopic (exact) mass is 514 g/mol. The minimum atomic E-state index is -4.05. The van der Waals surface area contributed by atoms with Gasteiger partial charge in [0, 0.05) is 6.07 Å². The zero-order valence-electron chi connectivity index (χ0n) is 19.5. The predicted molar refractivity (Wildman–Crippen MR) is 141 cm³/mol. The smallest absolute Gasteiger partial charge is 0.267 e. The molecule has 0 unspecified atom stereocenters. The van der Waals surface area contributed by atoms with Crippen molar-refractivity contribution in [1.82, 2.24) is 5.43 Å². The first-order valence-corrected chi connectivity index (χ1v) is 12.6. The largest absolute Gasteiger partial charge is 0.278 e. The van der Waals surface area contributed by atoms with Gasteiger partial charge in [0.1, 0.15) is 0 Å². The summed E-state index contributed by atoms with van der Waals surface area (Å²) in [6.45, 7) is -0.0121. The first-order valence-electron chi connectivity index (χ1n) is 11.2. The first kappa shape index (κ1) is 25.3. The molecule has 1 N–H and O–H groups in total. The van der Waals surface area contributed by atoms with Crippen LogP contribution in [0.4, 0.5) is 11.4 Å². The predicted octanol–water partition coefficient (Wildman–Crippen LogP) is 4.75. The molecule has 0 aromatic heterocycles. The second kappa shape index (κ2) is 11.3. The number of rotatable bonds is 9. The van der Waals surface area contributed by atoms with Crippen LogP contribution < -0.4 is 9.73 Å². The van der Waals surface area contributed by atoms with E-state index in [0.717, 1.165) is 5.56 Å². The summed E-state index contributed by atoms with van der Waals surface area (Å²) in [4.78, 5) is 23.9. The Bertz CT molecular complexity index is 1540. The molecule has 0 aliphatic heterocycles. The van der Waals surface area contributed by atoms with Crippen molar-refractivity contribution in [3.63, 3.8) is 0 Å². The lowest BCUT2D eigenvalue weighted by atomic mass is 10.1. The summed E-state index contributed by atoms with van der Waals surface area (Å²) in [7, 11) is -4.05. The van der Waals surface area contributed by atoms with Crippen molar-refractivity contribution in [2.45, 2.75) is 11.4 Å². The molecular weight excluding hydrogens is 492 g/mol. The number of para-hydroxylation sites is 2. The molecule has 0 fully saturated rings. The number of nitrogens with one attached hydrogen (secondary N) is 1. The molecule has 0 spiro atoms. The van der Waals surface area contributed by atoms with Gasteiger partial charge < -0.3 is 0 Å². The topological polar surface area (TPSA) is 122 Å². The fourth-order valence-electron chi connectivity index (χ4n) is 3.64. The van der Waals surface area contributed by atoms with E-state index >= 15 is 0 Å². The molecule has 4 aromatic rings. The maximum Gasteiger partial charge on any atom is 0.278 e. The van der Waals surface area contributed by atoms with Gasteiger partial charge in [-0.25, -0.2) is 13.8 Å². The van der Waals surface area contributed by atoms with Gasteiger partial charge in [-0.2, -0.15) is 5.10 Å². The molecule has 37 heavy (non-hydrogen) atoms. The highest BCUT2D eigenvalue weighted by atomic mass is 32.2. The fourth-order valence-corrected chi connectivity index (χ4v) is 5.13. The number of nitro groups is 1. The fraction of sp³-hybridized carbons (Fsp3) is 0.0370. The zero-order valence-corrected chi connectivity index (χ0v) is 20.3. The van der Waals surface area contributed by atoms with Gasteiger partial charge in [-0.15, -0.1) is 0 Å². The number of hydrogen-bond acceptors (Lipinski definition) is 6. The van der Waals surface area contributed by atoms with Crippen LogP contribution in [-0.2, 0) is 16.6 Å². The molecule has 0 bridgehead atoms. The van der Waals surface area contributed by atoms with Gasteiger partial charge in [0.2, 0.25) is 0 Å². The highest BCUT2D eigenvalue weighted by Crippen LogP contribution is 2.29. The van der Waals surface area contributed by atoms with Gasteiger partial charge in [0.15, 0.2) is 0 Å². The van der Waals surface area contributed by atoms with E-state index in [1.165, 1.54) is 46.9 Å². The van der Waals surface area contributed by atoms with E-state index in [2.05, 4.69) is 10.5 Å². The molecule has 1 amide bonds. The van der Waals surface area contributed by atoms with Gasteiger partial charge >= 0.3 is 0 Å². The SMILES string of the molecule is O=C(N/N=C/c1ccccc1[N+](=O)[O-])c1ccccc1N(Cc1ccccc1)S(=O)(=O)c1ccccc1. The summed E-state index contributed by atoms with van der Waals surface area (Å²) in [5, 5.41) is 15.1. The summed E-state index contributed by atoms with van der Waals surface area (Å²) >= 11 is 0. The third-order valence-corrected chi connectivity index (χ3v) is 7.19. The van der Waals surface area contributed by atoms with E-state index in [-0.39, 0.29) is 33.9 Å². The number of carbonyl (C=O) groups excluding carboxylic acids is 1. The van der Waals surface area contributed by atoms with Crippen LogP contribution in [0.25, 0.3) is 0 Å². The van der Waals surface area contributed by atoms with Crippen LogP contribution >= 0.6 is 0 Å². The van der Waals surface area contributed by atoms with Crippen LogP contribution in [0.5, 0.6) is 0 Å². The Kier molecular flexibility index (Phi) is 7.70. The zero-order chi connectivity index (χ0) is 26.3. The standard InChI is InChI=1S/C27H22N4O5S/c32-27(29-28-19-22-13-7-9-17-25(22)31(33)34)24-16-8-10-18-26(24)30(20-21-11-3-1-4-12-21)37(35,36)23-14-5-2-6-15-23/h1-19H,20H2,(H,29,32)/b28-19+. The average molecular weight is 515 g/mol. The van der Waals surface area contributed by atoms with E-state index in [9.17, 15) is 23.3 Å². The highest BCUT2D eigenvalue weighted by molar-refractivity contribution is 7.92. The number of nitrogens with zero attached hydrogens (tertiary/aromatic N) is 3. The number of benzene rings is 4. The van der Waals surface area contributed by atoms with Crippen molar-refractivity contribution < 1.29 is 18.1 Å². The second-order valence-corrected chi connectivity index (χ2v) is 9.70. The number of carbonyl (C=O) groups is 1. The summed E-state index contributed by atoms with van der Waals surface area (Å²) < 4.78 is 28.6. The molecule has 4 aromatic carbocycles. The number of amides is 1. The first-order chi connectivity index (χ1) is 17.9. The Morgan fingerprint density at radius 1 is 0.865 bits per heavy atom. The summed E-state index contributed by atoms with van der Waals surface area (Å²) in [5.74, 6) is -0.674. The lowest BCUT2D eigenvalue weighted by Crippen LogP contribution is -2.33. The Labute approximate surface area is 213 Å². The molecule has 0 saturated heterocycles. The Balaban J connectivity index is 1.69. The molecule has 0 heterocycles. The highest BCUT2D eigenvalue weighted by Gasteiger charge is 2.28. The number of sulfonamides is 1. The van der Waals surface area contributed by atoms with Crippen molar-refractivity contribution in [3.05, 3.63) is 136 Å². The molecule has 0 atom stereocenters. The molecule has 4 rings (SSSR count). The van der Waals surface area contributed by atoms with E-state index in [0.29, 0.717) is 0 Å². The minimum absolute atomic E-state index is 0.0121. The molecular formula is C27H22N4O5S. The van der Waals surface area contributed by atoms with Gasteiger partial charge in [-0.3, -0.25) is 19.2 Å². The maximum atomic E-state index is 13.7. The normalized spacial score (nSPS) is 11.2. The molecule has 9 nitrogen and oxygen atoms in total. The lowest BCUT2D eigenvalue weighted by Gasteiger charge is -2.26. The number of anilines is 1. The van der Waals surface area contributed by atoms with Crippen molar-refractivity contribution in [2.24, 2.45) is 5.10 Å². The van der Waals surface area contributed by atoms with Crippen LogP contribution in [-0.4, -0.2) is 25.5 Å². The van der Waals surface area contributed by atoms with Crippen LogP contribution in [0.1, 0.15) is 21.5 Å². The maximum absolute atomic E-state index is 13.7. The van der Waals surface area contributed by atoms with Gasteiger partial charge in [0.25, 0.3) is 21.6 Å². The molecule has 0 aliphatic rings. The summed E-state index contributed by atoms with van der Waals surface area (Å²) in [6, 6.07) is 29.2. The third-order valence-electron chi connectivity index (χ3n) is 5.42. The van der Waals surface area contributed by atoms with Gasteiger partial charge in [-0.05, 0) is 35.9 Å². The van der Waals surface area contributed by atoms with Gasteiger partial charge in [-0.1, -0.05) is 72.8 Å².